The number of hydrogen-bond acceptors (Lipinski definition) is 4. The molecule has 0 saturated heterocycles. The van der Waals surface area contributed by atoms with E-state index in [-0.39, 0.29) is 5.75 Å². The van der Waals surface area contributed by atoms with Gasteiger partial charge in [-0.25, -0.2) is 0 Å². The molecule has 0 N–H and O–H groups in total. The maximum absolute atomic E-state index is 12.7. The first-order valence-electron chi connectivity index (χ1n) is 10.2. The van der Waals surface area contributed by atoms with Crippen LogP contribution in [0, 0.1) is 5.41 Å². The second-order valence-corrected chi connectivity index (χ2v) is 7.27. The topological polar surface area (TPSA) is 52.6 Å². The average molecular weight is 397 g/mol. The smallest absolute Gasteiger partial charge is 0.328 e. The van der Waals surface area contributed by atoms with Gasteiger partial charge in [0.15, 0.2) is 5.41 Å². The van der Waals surface area contributed by atoms with Crippen LogP contribution in [0.25, 0.3) is 0 Å². The highest BCUT2D eigenvalue weighted by molar-refractivity contribution is 6.32. The van der Waals surface area contributed by atoms with Gasteiger partial charge in [0.1, 0.15) is 5.75 Å². The zero-order chi connectivity index (χ0) is 20.1. The Bertz CT molecular complexity index is 581. The Kier molecular flexibility index (Phi) is 11.1. The van der Waals surface area contributed by atoms with Crippen LogP contribution in [-0.4, -0.2) is 18.5 Å². The number of ether oxygens (including phenoxy) is 2. The van der Waals surface area contributed by atoms with Gasteiger partial charge in [0, 0.05) is 0 Å². The Morgan fingerprint density at radius 3 is 2.07 bits per heavy atom. The van der Waals surface area contributed by atoms with Crippen LogP contribution in [0.4, 0.5) is 0 Å². The van der Waals surface area contributed by atoms with Crippen molar-refractivity contribution in [2.75, 3.05) is 6.61 Å². The molecule has 0 heterocycles. The second-order valence-electron chi connectivity index (χ2n) is 6.87. The van der Waals surface area contributed by atoms with Gasteiger partial charge in [0.25, 0.3) is 0 Å². The van der Waals surface area contributed by atoms with Gasteiger partial charge in [0.05, 0.1) is 11.6 Å². The van der Waals surface area contributed by atoms with Crippen LogP contribution in [0.1, 0.15) is 78.6 Å². The first-order valence-corrected chi connectivity index (χ1v) is 10.5. The molecule has 1 aromatic rings. The van der Waals surface area contributed by atoms with Crippen LogP contribution in [0.2, 0.25) is 5.02 Å². The first-order chi connectivity index (χ1) is 13.0. The third-order valence-corrected chi connectivity index (χ3v) is 5.32. The Labute approximate surface area is 168 Å². The third kappa shape index (κ3) is 7.17. The van der Waals surface area contributed by atoms with E-state index in [1.807, 2.05) is 0 Å². The molecule has 4 nitrogen and oxygen atoms in total. The fourth-order valence-electron chi connectivity index (χ4n) is 3.00. The van der Waals surface area contributed by atoms with E-state index < -0.39 is 17.4 Å². The molecule has 5 heteroatoms. The van der Waals surface area contributed by atoms with Gasteiger partial charge in [-0.1, -0.05) is 83.0 Å². The molecule has 0 atom stereocenters. The first kappa shape index (κ1) is 23.5. The van der Waals surface area contributed by atoms with E-state index in [4.69, 9.17) is 21.1 Å². The second kappa shape index (κ2) is 12.8. The van der Waals surface area contributed by atoms with Crippen molar-refractivity contribution in [3.8, 4) is 5.75 Å². The minimum Gasteiger partial charge on any atom is -0.465 e. The number of para-hydroxylation sites is 1. The molecule has 0 amide bonds. The molecule has 0 fully saturated rings. The number of rotatable bonds is 13. The van der Waals surface area contributed by atoms with Crippen LogP contribution in [0.15, 0.2) is 24.3 Å². The Hall–Kier alpha value is -1.55. The van der Waals surface area contributed by atoms with Crippen molar-refractivity contribution in [2.45, 2.75) is 78.6 Å². The van der Waals surface area contributed by atoms with Gasteiger partial charge in [-0.15, -0.1) is 0 Å². The van der Waals surface area contributed by atoms with Crippen molar-refractivity contribution < 1.29 is 19.1 Å². The number of unbranched alkanes of at least 4 members (excludes halogenated alkanes) is 6. The van der Waals surface area contributed by atoms with Gasteiger partial charge >= 0.3 is 11.9 Å². The van der Waals surface area contributed by atoms with Gasteiger partial charge in [0.2, 0.25) is 0 Å². The summed E-state index contributed by atoms with van der Waals surface area (Å²) in [5, 5.41) is 0.336. The lowest BCUT2D eigenvalue weighted by molar-refractivity contribution is -0.168. The number of halogens is 1. The van der Waals surface area contributed by atoms with E-state index in [1.165, 1.54) is 25.7 Å². The SMILES string of the molecule is CCCCCCCCCOC(=O)C(CC)(CC)C(=O)Oc1ccccc1Cl. The highest BCUT2D eigenvalue weighted by Crippen LogP contribution is 2.33. The summed E-state index contributed by atoms with van der Waals surface area (Å²) >= 11 is 6.05. The molecule has 0 spiro atoms. The number of hydrogen-bond donors (Lipinski definition) is 0. The molecule has 0 bridgehead atoms. The predicted molar refractivity (Wildman–Crippen MR) is 109 cm³/mol. The van der Waals surface area contributed by atoms with Crippen LogP contribution < -0.4 is 4.74 Å². The van der Waals surface area contributed by atoms with E-state index in [1.54, 1.807) is 38.1 Å². The molecule has 0 aliphatic heterocycles. The quantitative estimate of drug-likeness (QED) is 0.169. The fraction of sp³-hybridized carbons (Fsp3) is 0.636. The number of benzene rings is 1. The molecule has 152 valence electrons. The van der Waals surface area contributed by atoms with Gasteiger partial charge in [-0.05, 0) is 31.4 Å². The number of esters is 2. The summed E-state index contributed by atoms with van der Waals surface area (Å²) in [5.41, 5.74) is -1.29. The van der Waals surface area contributed by atoms with E-state index in [2.05, 4.69) is 6.92 Å². The summed E-state index contributed by atoms with van der Waals surface area (Å²) in [4.78, 5) is 25.4. The molecule has 1 aromatic carbocycles. The Morgan fingerprint density at radius 1 is 0.889 bits per heavy atom. The average Bonchev–Trinajstić information content (AvgIpc) is 2.67. The number of carbonyl (C=O) groups excluding carboxylic acids is 2. The van der Waals surface area contributed by atoms with Gasteiger partial charge in [-0.3, -0.25) is 9.59 Å². The van der Waals surface area contributed by atoms with E-state index in [9.17, 15) is 9.59 Å². The van der Waals surface area contributed by atoms with Crippen LogP contribution in [0.3, 0.4) is 0 Å². The van der Waals surface area contributed by atoms with Crippen LogP contribution in [-0.2, 0) is 14.3 Å². The van der Waals surface area contributed by atoms with Gasteiger partial charge in [-0.2, -0.15) is 0 Å². The minimum atomic E-state index is -1.29. The summed E-state index contributed by atoms with van der Waals surface area (Å²) < 4.78 is 10.9. The lowest BCUT2D eigenvalue weighted by Gasteiger charge is -2.27. The predicted octanol–water partition coefficient (Wildman–Crippen LogP) is 6.35. The number of carbonyl (C=O) groups is 2. The van der Waals surface area contributed by atoms with E-state index in [0.717, 1.165) is 19.3 Å². The summed E-state index contributed by atoms with van der Waals surface area (Å²) in [7, 11) is 0. The summed E-state index contributed by atoms with van der Waals surface area (Å²) in [6.45, 7) is 6.14. The van der Waals surface area contributed by atoms with Crippen molar-refractivity contribution in [2.24, 2.45) is 5.41 Å². The fourth-order valence-corrected chi connectivity index (χ4v) is 3.17. The van der Waals surface area contributed by atoms with Crippen molar-refractivity contribution in [3.63, 3.8) is 0 Å². The molecule has 0 saturated carbocycles. The molecule has 27 heavy (non-hydrogen) atoms. The maximum atomic E-state index is 12.7. The van der Waals surface area contributed by atoms with Crippen molar-refractivity contribution in [1.82, 2.24) is 0 Å². The molecule has 0 aromatic heterocycles. The summed E-state index contributed by atoms with van der Waals surface area (Å²) in [6.07, 6.45) is 8.64. The van der Waals surface area contributed by atoms with Crippen LogP contribution in [0.5, 0.6) is 5.75 Å². The molecular weight excluding hydrogens is 364 g/mol. The molecule has 0 aliphatic rings. The highest BCUT2D eigenvalue weighted by atomic mass is 35.5. The largest absolute Gasteiger partial charge is 0.465 e. The maximum Gasteiger partial charge on any atom is 0.328 e. The third-order valence-electron chi connectivity index (χ3n) is 5.01. The molecule has 0 aliphatic carbocycles. The van der Waals surface area contributed by atoms with Gasteiger partial charge < -0.3 is 9.47 Å². The normalized spacial score (nSPS) is 11.3. The van der Waals surface area contributed by atoms with Crippen molar-refractivity contribution in [3.05, 3.63) is 29.3 Å². The lowest BCUT2D eigenvalue weighted by atomic mass is 9.82. The highest BCUT2D eigenvalue weighted by Gasteiger charge is 2.46. The zero-order valence-corrected chi connectivity index (χ0v) is 17.6. The molecule has 0 unspecified atom stereocenters. The van der Waals surface area contributed by atoms with E-state index >= 15 is 0 Å². The Balaban J connectivity index is 2.55. The summed E-state index contributed by atoms with van der Waals surface area (Å²) in [6, 6.07) is 6.73. The summed E-state index contributed by atoms with van der Waals surface area (Å²) in [5.74, 6) is -0.851. The molecule has 0 radical (unpaired) electrons. The standard InChI is InChI=1S/C22H33ClO4/c1-4-7-8-9-10-11-14-17-26-20(24)22(5-2,6-3)21(25)27-19-16-13-12-15-18(19)23/h12-13,15-16H,4-11,14,17H2,1-3H3. The van der Waals surface area contributed by atoms with Crippen LogP contribution >= 0.6 is 11.6 Å². The zero-order valence-electron chi connectivity index (χ0n) is 16.9. The molecular formula is C22H33ClO4. The Morgan fingerprint density at radius 2 is 1.48 bits per heavy atom. The van der Waals surface area contributed by atoms with Crippen molar-refractivity contribution in [1.29, 1.82) is 0 Å². The lowest BCUT2D eigenvalue weighted by Crippen LogP contribution is -2.42. The minimum absolute atomic E-state index is 0.260. The van der Waals surface area contributed by atoms with E-state index in [0.29, 0.717) is 24.5 Å². The van der Waals surface area contributed by atoms with Crippen molar-refractivity contribution >= 4 is 23.5 Å². The monoisotopic (exact) mass is 396 g/mol. The molecule has 1 rings (SSSR count).